The first-order valence-electron chi connectivity index (χ1n) is 6.52. The number of carboxylic acid groups (broad SMARTS) is 1. The van der Waals surface area contributed by atoms with Crippen molar-refractivity contribution in [2.75, 3.05) is 25.1 Å². The fourth-order valence-electron chi connectivity index (χ4n) is 2.23. The second-order valence-corrected chi connectivity index (χ2v) is 4.78. The first kappa shape index (κ1) is 14.5. The van der Waals surface area contributed by atoms with Crippen LogP contribution in [0.15, 0.2) is 18.2 Å². The summed E-state index contributed by atoms with van der Waals surface area (Å²) in [5, 5.41) is 15.0. The maximum atomic E-state index is 12.0. The standard InChI is InChI=1S/C14H18N2O4/c1-9-3-2-4-11(13(9)14(18)19)16-12(17)7-10-8-20-6-5-15-10/h2-4,10,15H,5-8H2,1H3,(H,16,17)(H,18,19). The molecule has 6 nitrogen and oxygen atoms in total. The minimum Gasteiger partial charge on any atom is -0.478 e. The Morgan fingerprint density at radius 1 is 1.50 bits per heavy atom. The smallest absolute Gasteiger partial charge is 0.338 e. The highest BCUT2D eigenvalue weighted by atomic mass is 16.5. The third-order valence-corrected chi connectivity index (χ3v) is 3.19. The summed E-state index contributed by atoms with van der Waals surface area (Å²) in [6.07, 6.45) is 0.257. The highest BCUT2D eigenvalue weighted by Crippen LogP contribution is 2.20. The van der Waals surface area contributed by atoms with Gasteiger partial charge in [0.15, 0.2) is 0 Å². The van der Waals surface area contributed by atoms with Crippen LogP contribution in [0.25, 0.3) is 0 Å². The molecule has 0 aliphatic carbocycles. The zero-order valence-corrected chi connectivity index (χ0v) is 11.3. The molecule has 1 heterocycles. The van der Waals surface area contributed by atoms with E-state index in [1.54, 1.807) is 25.1 Å². The minimum atomic E-state index is -1.04. The summed E-state index contributed by atoms with van der Waals surface area (Å²) < 4.78 is 5.28. The quantitative estimate of drug-likeness (QED) is 0.765. The molecule has 108 valence electrons. The molecule has 2 rings (SSSR count). The number of hydrogen-bond acceptors (Lipinski definition) is 4. The number of anilines is 1. The summed E-state index contributed by atoms with van der Waals surface area (Å²) in [5.74, 6) is -1.27. The number of morpholine rings is 1. The van der Waals surface area contributed by atoms with Gasteiger partial charge in [-0.3, -0.25) is 4.79 Å². The normalized spacial score (nSPS) is 18.6. The maximum absolute atomic E-state index is 12.0. The molecule has 1 aromatic rings. The molecule has 1 saturated heterocycles. The van der Waals surface area contributed by atoms with Crippen LogP contribution in [0.4, 0.5) is 5.69 Å². The van der Waals surface area contributed by atoms with Crippen molar-refractivity contribution in [2.24, 2.45) is 0 Å². The molecule has 0 radical (unpaired) electrons. The van der Waals surface area contributed by atoms with E-state index in [0.717, 1.165) is 6.54 Å². The van der Waals surface area contributed by atoms with E-state index in [0.29, 0.717) is 24.5 Å². The molecule has 1 atom stereocenters. The minimum absolute atomic E-state index is 0.0261. The van der Waals surface area contributed by atoms with Crippen LogP contribution in [0.1, 0.15) is 22.3 Å². The highest BCUT2D eigenvalue weighted by molar-refractivity contribution is 6.01. The second kappa shape index (κ2) is 6.49. The number of hydrogen-bond donors (Lipinski definition) is 3. The molecule has 3 N–H and O–H groups in total. The number of carbonyl (C=O) groups is 2. The molecule has 1 amide bonds. The van der Waals surface area contributed by atoms with E-state index in [4.69, 9.17) is 4.74 Å². The molecule has 20 heavy (non-hydrogen) atoms. The Labute approximate surface area is 117 Å². The summed E-state index contributed by atoms with van der Waals surface area (Å²) in [4.78, 5) is 23.2. The van der Waals surface area contributed by atoms with Crippen molar-refractivity contribution in [3.63, 3.8) is 0 Å². The Hall–Kier alpha value is -1.92. The summed E-state index contributed by atoms with van der Waals surface area (Å²) in [6, 6.07) is 5.00. The molecule has 0 aromatic heterocycles. The first-order valence-corrected chi connectivity index (χ1v) is 6.52. The molecular formula is C14H18N2O4. The van der Waals surface area contributed by atoms with Gasteiger partial charge >= 0.3 is 5.97 Å². The molecular weight excluding hydrogens is 260 g/mol. The van der Waals surface area contributed by atoms with Gasteiger partial charge in [0.2, 0.25) is 5.91 Å². The van der Waals surface area contributed by atoms with Gasteiger partial charge in [0, 0.05) is 19.0 Å². The molecule has 1 fully saturated rings. The fourth-order valence-corrected chi connectivity index (χ4v) is 2.23. The van der Waals surface area contributed by atoms with Gasteiger partial charge in [-0.2, -0.15) is 0 Å². The third kappa shape index (κ3) is 3.55. The highest BCUT2D eigenvalue weighted by Gasteiger charge is 2.19. The summed E-state index contributed by atoms with van der Waals surface area (Å²) >= 11 is 0. The lowest BCUT2D eigenvalue weighted by Gasteiger charge is -2.23. The summed E-state index contributed by atoms with van der Waals surface area (Å²) in [6.45, 7) is 3.57. The maximum Gasteiger partial charge on any atom is 0.338 e. The molecule has 0 spiro atoms. The molecule has 1 aromatic carbocycles. The lowest BCUT2D eigenvalue weighted by atomic mass is 10.1. The van der Waals surface area contributed by atoms with E-state index < -0.39 is 5.97 Å². The lowest BCUT2D eigenvalue weighted by Crippen LogP contribution is -2.43. The molecule has 1 aliphatic heterocycles. The third-order valence-electron chi connectivity index (χ3n) is 3.19. The Morgan fingerprint density at radius 3 is 2.95 bits per heavy atom. The average molecular weight is 278 g/mol. The van der Waals surface area contributed by atoms with Crippen molar-refractivity contribution in [3.05, 3.63) is 29.3 Å². The Kier molecular flexibility index (Phi) is 4.70. The van der Waals surface area contributed by atoms with Gasteiger partial charge in [0.25, 0.3) is 0 Å². The topological polar surface area (TPSA) is 87.7 Å². The second-order valence-electron chi connectivity index (χ2n) is 4.78. The van der Waals surface area contributed by atoms with Crippen molar-refractivity contribution in [2.45, 2.75) is 19.4 Å². The van der Waals surface area contributed by atoms with Gasteiger partial charge < -0.3 is 20.5 Å². The Balaban J connectivity index is 2.04. The number of ether oxygens (including phenoxy) is 1. The van der Waals surface area contributed by atoms with Gasteiger partial charge in [-0.25, -0.2) is 4.79 Å². The number of aryl methyl sites for hydroxylation is 1. The van der Waals surface area contributed by atoms with E-state index in [9.17, 15) is 14.7 Å². The molecule has 6 heteroatoms. The van der Waals surface area contributed by atoms with Crippen LogP contribution < -0.4 is 10.6 Å². The van der Waals surface area contributed by atoms with Crippen molar-refractivity contribution >= 4 is 17.6 Å². The number of nitrogens with one attached hydrogen (secondary N) is 2. The number of carbonyl (C=O) groups excluding carboxylic acids is 1. The Morgan fingerprint density at radius 2 is 2.30 bits per heavy atom. The Bertz CT molecular complexity index is 510. The molecule has 0 bridgehead atoms. The number of carboxylic acids is 1. The van der Waals surface area contributed by atoms with Gasteiger partial charge in [0.1, 0.15) is 0 Å². The summed E-state index contributed by atoms with van der Waals surface area (Å²) in [5.41, 5.74) is 1.09. The van der Waals surface area contributed by atoms with Gasteiger partial charge in [-0.1, -0.05) is 12.1 Å². The predicted octanol–water partition coefficient (Wildman–Crippen LogP) is 1.01. The number of amides is 1. The van der Waals surface area contributed by atoms with E-state index in [1.165, 1.54) is 0 Å². The summed E-state index contributed by atoms with van der Waals surface area (Å²) in [7, 11) is 0. The van der Waals surface area contributed by atoms with Crippen molar-refractivity contribution in [3.8, 4) is 0 Å². The molecule has 1 unspecified atom stereocenters. The van der Waals surface area contributed by atoms with E-state index in [2.05, 4.69) is 10.6 Å². The van der Waals surface area contributed by atoms with Crippen LogP contribution in [-0.4, -0.2) is 42.8 Å². The molecule has 0 saturated carbocycles. The largest absolute Gasteiger partial charge is 0.478 e. The van der Waals surface area contributed by atoms with Crippen LogP contribution in [0.5, 0.6) is 0 Å². The van der Waals surface area contributed by atoms with Crippen molar-refractivity contribution in [1.29, 1.82) is 0 Å². The van der Waals surface area contributed by atoms with E-state index >= 15 is 0 Å². The average Bonchev–Trinajstić information content (AvgIpc) is 2.39. The van der Waals surface area contributed by atoms with Crippen LogP contribution in [0, 0.1) is 6.92 Å². The SMILES string of the molecule is Cc1cccc(NC(=O)CC2COCCN2)c1C(=O)O. The van der Waals surface area contributed by atoms with Crippen molar-refractivity contribution in [1.82, 2.24) is 5.32 Å². The fraction of sp³-hybridized carbons (Fsp3) is 0.429. The predicted molar refractivity (Wildman–Crippen MR) is 74.0 cm³/mol. The van der Waals surface area contributed by atoms with E-state index in [-0.39, 0.29) is 23.9 Å². The van der Waals surface area contributed by atoms with Crippen LogP contribution in [-0.2, 0) is 9.53 Å². The number of rotatable bonds is 4. The zero-order valence-electron chi connectivity index (χ0n) is 11.3. The van der Waals surface area contributed by atoms with Gasteiger partial charge in [0.05, 0.1) is 24.5 Å². The number of benzene rings is 1. The van der Waals surface area contributed by atoms with Crippen LogP contribution >= 0.6 is 0 Å². The van der Waals surface area contributed by atoms with Crippen molar-refractivity contribution < 1.29 is 19.4 Å². The molecule has 1 aliphatic rings. The lowest BCUT2D eigenvalue weighted by molar-refractivity contribution is -0.117. The van der Waals surface area contributed by atoms with Crippen LogP contribution in [0.3, 0.4) is 0 Å². The zero-order chi connectivity index (χ0) is 14.5. The van der Waals surface area contributed by atoms with Gasteiger partial charge in [-0.15, -0.1) is 0 Å². The monoisotopic (exact) mass is 278 g/mol. The first-order chi connectivity index (χ1) is 9.58. The van der Waals surface area contributed by atoms with Crippen LogP contribution in [0.2, 0.25) is 0 Å². The number of aromatic carboxylic acids is 1. The van der Waals surface area contributed by atoms with E-state index in [1.807, 2.05) is 0 Å². The van der Waals surface area contributed by atoms with Gasteiger partial charge in [-0.05, 0) is 18.6 Å².